The average Bonchev–Trinajstić information content (AvgIpc) is 2.70. The Hall–Kier alpha value is -3.67. The van der Waals surface area contributed by atoms with Gasteiger partial charge in [-0.2, -0.15) is 0 Å². The van der Waals surface area contributed by atoms with Crippen molar-refractivity contribution in [1.29, 1.82) is 0 Å². The van der Waals surface area contributed by atoms with Gasteiger partial charge in [0.2, 0.25) is 0 Å². The SMILES string of the molecule is CC(C)Oc1ccc(Nc2cc(Nc3cccc4cccnc34)ncn2)cc1. The molecule has 0 saturated heterocycles. The highest BCUT2D eigenvalue weighted by atomic mass is 16.5. The van der Waals surface area contributed by atoms with Gasteiger partial charge in [0, 0.05) is 23.3 Å². The molecule has 0 fully saturated rings. The first kappa shape index (κ1) is 17.7. The molecule has 28 heavy (non-hydrogen) atoms. The number of rotatable bonds is 6. The molecule has 0 aliphatic heterocycles. The molecule has 4 rings (SSSR count). The molecule has 0 aliphatic carbocycles. The van der Waals surface area contributed by atoms with E-state index in [4.69, 9.17) is 4.74 Å². The monoisotopic (exact) mass is 371 g/mol. The predicted octanol–water partition coefficient (Wildman–Crippen LogP) is 5.30. The van der Waals surface area contributed by atoms with Gasteiger partial charge in [-0.1, -0.05) is 18.2 Å². The van der Waals surface area contributed by atoms with Gasteiger partial charge in [-0.3, -0.25) is 4.98 Å². The molecule has 6 heteroatoms. The molecule has 0 atom stereocenters. The first-order valence-electron chi connectivity index (χ1n) is 9.14. The second-order valence-corrected chi connectivity index (χ2v) is 6.61. The smallest absolute Gasteiger partial charge is 0.135 e. The van der Waals surface area contributed by atoms with Gasteiger partial charge in [-0.05, 0) is 50.2 Å². The lowest BCUT2D eigenvalue weighted by molar-refractivity contribution is 0.242. The molecule has 0 radical (unpaired) electrons. The van der Waals surface area contributed by atoms with Gasteiger partial charge >= 0.3 is 0 Å². The number of para-hydroxylation sites is 1. The van der Waals surface area contributed by atoms with Crippen LogP contribution in [0.3, 0.4) is 0 Å². The Morgan fingerprint density at radius 1 is 0.821 bits per heavy atom. The third-order valence-electron chi connectivity index (χ3n) is 4.06. The van der Waals surface area contributed by atoms with Crippen LogP contribution in [0.2, 0.25) is 0 Å². The van der Waals surface area contributed by atoms with Crippen molar-refractivity contribution in [3.8, 4) is 5.75 Å². The Morgan fingerprint density at radius 3 is 2.36 bits per heavy atom. The van der Waals surface area contributed by atoms with E-state index in [9.17, 15) is 0 Å². The van der Waals surface area contributed by atoms with E-state index in [0.717, 1.165) is 28.0 Å². The van der Waals surface area contributed by atoms with Gasteiger partial charge in [-0.25, -0.2) is 9.97 Å². The van der Waals surface area contributed by atoms with Crippen LogP contribution in [0.25, 0.3) is 10.9 Å². The van der Waals surface area contributed by atoms with Crippen LogP contribution in [0.15, 0.2) is 73.2 Å². The van der Waals surface area contributed by atoms with Crippen LogP contribution >= 0.6 is 0 Å². The lowest BCUT2D eigenvalue weighted by Crippen LogP contribution is -2.05. The largest absolute Gasteiger partial charge is 0.491 e. The fraction of sp³-hybridized carbons (Fsp3) is 0.136. The molecule has 2 heterocycles. The van der Waals surface area contributed by atoms with Crippen LogP contribution in [0.4, 0.5) is 23.0 Å². The molecule has 0 unspecified atom stereocenters. The highest BCUT2D eigenvalue weighted by Crippen LogP contribution is 2.25. The van der Waals surface area contributed by atoms with Crippen molar-refractivity contribution in [2.75, 3.05) is 10.6 Å². The summed E-state index contributed by atoms with van der Waals surface area (Å²) in [6, 6.07) is 19.6. The lowest BCUT2D eigenvalue weighted by atomic mass is 10.2. The highest BCUT2D eigenvalue weighted by molar-refractivity contribution is 5.91. The summed E-state index contributed by atoms with van der Waals surface area (Å²) < 4.78 is 5.67. The van der Waals surface area contributed by atoms with E-state index < -0.39 is 0 Å². The molecular weight excluding hydrogens is 350 g/mol. The quantitative estimate of drug-likeness (QED) is 0.479. The number of nitrogens with zero attached hydrogens (tertiary/aromatic N) is 3. The third kappa shape index (κ3) is 4.17. The van der Waals surface area contributed by atoms with Gasteiger partial charge in [0.25, 0.3) is 0 Å². The first-order valence-corrected chi connectivity index (χ1v) is 9.14. The molecule has 2 aromatic heterocycles. The highest BCUT2D eigenvalue weighted by Gasteiger charge is 2.05. The van der Waals surface area contributed by atoms with Crippen molar-refractivity contribution in [1.82, 2.24) is 15.0 Å². The molecule has 0 aliphatic rings. The normalized spacial score (nSPS) is 10.8. The number of ether oxygens (including phenoxy) is 1. The Morgan fingerprint density at radius 2 is 1.57 bits per heavy atom. The van der Waals surface area contributed by atoms with Crippen LogP contribution in [0, 0.1) is 0 Å². The maximum absolute atomic E-state index is 5.67. The molecule has 0 bridgehead atoms. The fourth-order valence-electron chi connectivity index (χ4n) is 2.87. The molecule has 2 N–H and O–H groups in total. The lowest BCUT2D eigenvalue weighted by Gasteiger charge is -2.12. The van der Waals surface area contributed by atoms with Gasteiger partial charge < -0.3 is 15.4 Å². The summed E-state index contributed by atoms with van der Waals surface area (Å²) >= 11 is 0. The number of benzene rings is 2. The van der Waals surface area contributed by atoms with Gasteiger partial charge in [-0.15, -0.1) is 0 Å². The topological polar surface area (TPSA) is 72.0 Å². The van der Waals surface area contributed by atoms with E-state index >= 15 is 0 Å². The fourth-order valence-corrected chi connectivity index (χ4v) is 2.87. The van der Waals surface area contributed by atoms with Crippen molar-refractivity contribution in [2.45, 2.75) is 20.0 Å². The molecule has 0 spiro atoms. The number of anilines is 4. The molecule has 4 aromatic rings. The number of hydrogen-bond donors (Lipinski definition) is 2. The van der Waals surface area contributed by atoms with Gasteiger partial charge in [0.05, 0.1) is 17.3 Å². The summed E-state index contributed by atoms with van der Waals surface area (Å²) in [6.07, 6.45) is 3.46. The zero-order chi connectivity index (χ0) is 19.3. The summed E-state index contributed by atoms with van der Waals surface area (Å²) in [5.41, 5.74) is 2.73. The molecule has 0 amide bonds. The van der Waals surface area contributed by atoms with Gasteiger partial charge in [0.1, 0.15) is 23.7 Å². The number of hydrogen-bond acceptors (Lipinski definition) is 6. The Kier molecular flexibility index (Phi) is 5.01. The standard InChI is InChI=1S/C22H21N5O/c1-15(2)28-18-10-8-17(9-11-18)26-20-13-21(25-14-24-20)27-19-7-3-5-16-6-4-12-23-22(16)19/h3-15H,1-2H3,(H2,24,25,26,27). The van der Waals surface area contributed by atoms with E-state index in [-0.39, 0.29) is 6.10 Å². The molecule has 0 saturated carbocycles. The van der Waals surface area contributed by atoms with Crippen molar-refractivity contribution >= 4 is 33.9 Å². The van der Waals surface area contributed by atoms with Crippen LogP contribution in [0.5, 0.6) is 5.75 Å². The number of aromatic nitrogens is 3. The van der Waals surface area contributed by atoms with Crippen LogP contribution in [-0.2, 0) is 0 Å². The zero-order valence-electron chi connectivity index (χ0n) is 15.8. The Bertz CT molecular complexity index is 1070. The molecular formula is C22H21N5O. The molecule has 6 nitrogen and oxygen atoms in total. The maximum Gasteiger partial charge on any atom is 0.135 e. The van der Waals surface area contributed by atoms with E-state index in [1.54, 1.807) is 6.20 Å². The average molecular weight is 371 g/mol. The summed E-state index contributed by atoms with van der Waals surface area (Å²) in [7, 11) is 0. The minimum Gasteiger partial charge on any atom is -0.491 e. The zero-order valence-corrected chi connectivity index (χ0v) is 15.8. The minimum absolute atomic E-state index is 0.151. The van der Waals surface area contributed by atoms with E-state index in [1.165, 1.54) is 6.33 Å². The third-order valence-corrected chi connectivity index (χ3v) is 4.06. The minimum atomic E-state index is 0.151. The van der Waals surface area contributed by atoms with Crippen molar-refractivity contribution < 1.29 is 4.74 Å². The van der Waals surface area contributed by atoms with E-state index in [0.29, 0.717) is 11.6 Å². The van der Waals surface area contributed by atoms with Crippen LogP contribution < -0.4 is 15.4 Å². The van der Waals surface area contributed by atoms with E-state index in [2.05, 4.69) is 25.6 Å². The summed E-state index contributed by atoms with van der Waals surface area (Å²) in [4.78, 5) is 13.1. The van der Waals surface area contributed by atoms with Crippen molar-refractivity contribution in [3.05, 3.63) is 73.2 Å². The first-order chi connectivity index (χ1) is 13.7. The second kappa shape index (κ2) is 7.92. The Labute approximate surface area is 163 Å². The van der Waals surface area contributed by atoms with Crippen molar-refractivity contribution in [3.63, 3.8) is 0 Å². The maximum atomic E-state index is 5.67. The Balaban J connectivity index is 1.51. The summed E-state index contributed by atoms with van der Waals surface area (Å²) in [5, 5.41) is 7.69. The van der Waals surface area contributed by atoms with Crippen LogP contribution in [-0.4, -0.2) is 21.1 Å². The van der Waals surface area contributed by atoms with Gasteiger partial charge in [0.15, 0.2) is 0 Å². The van der Waals surface area contributed by atoms with Crippen molar-refractivity contribution in [2.24, 2.45) is 0 Å². The second-order valence-electron chi connectivity index (χ2n) is 6.61. The van der Waals surface area contributed by atoms with E-state index in [1.807, 2.05) is 74.5 Å². The number of pyridine rings is 1. The summed E-state index contributed by atoms with van der Waals surface area (Å²) in [5.74, 6) is 2.23. The number of fused-ring (bicyclic) bond motifs is 1. The summed E-state index contributed by atoms with van der Waals surface area (Å²) in [6.45, 7) is 4.01. The molecule has 2 aromatic carbocycles. The number of nitrogens with one attached hydrogen (secondary N) is 2. The van der Waals surface area contributed by atoms with Crippen LogP contribution in [0.1, 0.15) is 13.8 Å². The molecule has 140 valence electrons. The predicted molar refractivity (Wildman–Crippen MR) is 113 cm³/mol.